The van der Waals surface area contributed by atoms with Gasteiger partial charge in [0.1, 0.15) is 5.82 Å². The standard InChI is InChI=1S/C17H22N6S/c1-20(11-15-10-18-21(2)12-15)13-23-17(24)22(3)16(19-23)9-14-7-5-4-6-8-14/h4-8,10,12H,9,11,13H2,1-3H3. The fraction of sp³-hybridized carbons (Fsp3) is 0.353. The van der Waals surface area contributed by atoms with Gasteiger partial charge in [-0.25, -0.2) is 4.68 Å². The minimum atomic E-state index is 0.649. The van der Waals surface area contributed by atoms with Crippen LogP contribution in [0.4, 0.5) is 0 Å². The van der Waals surface area contributed by atoms with Crippen molar-refractivity contribution in [1.82, 2.24) is 29.0 Å². The van der Waals surface area contributed by atoms with Crippen molar-refractivity contribution in [3.05, 3.63) is 64.4 Å². The summed E-state index contributed by atoms with van der Waals surface area (Å²) in [6.45, 7) is 1.45. The van der Waals surface area contributed by atoms with Crippen LogP contribution in [-0.2, 0) is 33.7 Å². The summed E-state index contributed by atoms with van der Waals surface area (Å²) in [5, 5.41) is 8.91. The van der Waals surface area contributed by atoms with E-state index in [1.165, 1.54) is 11.1 Å². The van der Waals surface area contributed by atoms with Crippen LogP contribution in [0, 0.1) is 4.77 Å². The molecular formula is C17H22N6S. The Balaban J connectivity index is 1.72. The highest BCUT2D eigenvalue weighted by Gasteiger charge is 2.10. The second kappa shape index (κ2) is 7.11. The van der Waals surface area contributed by atoms with Gasteiger partial charge in [0.25, 0.3) is 0 Å². The second-order valence-corrected chi connectivity index (χ2v) is 6.46. The first-order valence-corrected chi connectivity index (χ1v) is 8.26. The van der Waals surface area contributed by atoms with Crippen LogP contribution < -0.4 is 0 Å². The van der Waals surface area contributed by atoms with Gasteiger partial charge in [-0.3, -0.25) is 9.58 Å². The molecule has 0 bridgehead atoms. The molecule has 0 saturated carbocycles. The monoisotopic (exact) mass is 342 g/mol. The van der Waals surface area contributed by atoms with Crippen LogP contribution in [0.25, 0.3) is 0 Å². The minimum Gasteiger partial charge on any atom is -0.307 e. The third-order valence-electron chi connectivity index (χ3n) is 3.92. The van der Waals surface area contributed by atoms with Gasteiger partial charge >= 0.3 is 0 Å². The Labute approximate surface area is 146 Å². The molecule has 0 atom stereocenters. The molecule has 0 amide bonds. The van der Waals surface area contributed by atoms with Crippen molar-refractivity contribution in [3.63, 3.8) is 0 Å². The molecule has 2 aromatic heterocycles. The molecule has 0 saturated heterocycles. The van der Waals surface area contributed by atoms with E-state index in [2.05, 4.69) is 29.2 Å². The van der Waals surface area contributed by atoms with Gasteiger partial charge < -0.3 is 4.57 Å². The number of rotatable bonds is 6. The van der Waals surface area contributed by atoms with Gasteiger partial charge in [-0.2, -0.15) is 10.2 Å². The van der Waals surface area contributed by atoms with E-state index in [4.69, 9.17) is 17.3 Å². The van der Waals surface area contributed by atoms with E-state index in [9.17, 15) is 0 Å². The molecule has 3 aromatic rings. The van der Waals surface area contributed by atoms with Gasteiger partial charge in [0, 0.05) is 38.8 Å². The average molecular weight is 342 g/mol. The van der Waals surface area contributed by atoms with Crippen molar-refractivity contribution in [2.75, 3.05) is 7.05 Å². The summed E-state index contributed by atoms with van der Waals surface area (Å²) < 4.78 is 6.41. The summed E-state index contributed by atoms with van der Waals surface area (Å²) in [4.78, 5) is 2.17. The molecule has 0 unspecified atom stereocenters. The van der Waals surface area contributed by atoms with E-state index in [1.54, 1.807) is 0 Å². The largest absolute Gasteiger partial charge is 0.307 e. The van der Waals surface area contributed by atoms with Crippen LogP contribution in [0.1, 0.15) is 17.0 Å². The van der Waals surface area contributed by atoms with E-state index in [0.717, 1.165) is 23.6 Å². The van der Waals surface area contributed by atoms with Crippen molar-refractivity contribution in [3.8, 4) is 0 Å². The summed E-state index contributed by atoms with van der Waals surface area (Å²) in [5.41, 5.74) is 2.41. The quantitative estimate of drug-likeness (QED) is 0.645. The Hall–Kier alpha value is -2.25. The number of aromatic nitrogens is 5. The zero-order valence-corrected chi connectivity index (χ0v) is 15.1. The Kier molecular flexibility index (Phi) is 4.92. The van der Waals surface area contributed by atoms with Crippen LogP contribution in [0.2, 0.25) is 0 Å². The van der Waals surface area contributed by atoms with Crippen LogP contribution in [0.15, 0.2) is 42.7 Å². The lowest BCUT2D eigenvalue weighted by molar-refractivity contribution is 0.243. The van der Waals surface area contributed by atoms with Crippen molar-refractivity contribution in [2.24, 2.45) is 14.1 Å². The molecule has 24 heavy (non-hydrogen) atoms. The van der Waals surface area contributed by atoms with Gasteiger partial charge in [-0.1, -0.05) is 30.3 Å². The maximum absolute atomic E-state index is 5.54. The fourth-order valence-electron chi connectivity index (χ4n) is 2.70. The number of hydrogen-bond acceptors (Lipinski definition) is 4. The second-order valence-electron chi connectivity index (χ2n) is 6.10. The van der Waals surface area contributed by atoms with Gasteiger partial charge in [0.15, 0.2) is 4.77 Å². The first-order valence-electron chi connectivity index (χ1n) is 7.85. The molecule has 0 N–H and O–H groups in total. The zero-order valence-electron chi connectivity index (χ0n) is 14.3. The number of aryl methyl sites for hydroxylation is 1. The molecule has 0 aliphatic heterocycles. The normalized spacial score (nSPS) is 11.3. The topological polar surface area (TPSA) is 43.8 Å². The fourth-order valence-corrected chi connectivity index (χ4v) is 2.91. The van der Waals surface area contributed by atoms with Crippen molar-refractivity contribution < 1.29 is 0 Å². The highest BCUT2D eigenvalue weighted by Crippen LogP contribution is 2.09. The third-order valence-corrected chi connectivity index (χ3v) is 4.41. The lowest BCUT2D eigenvalue weighted by Gasteiger charge is -2.15. The molecule has 0 aliphatic carbocycles. The highest BCUT2D eigenvalue weighted by molar-refractivity contribution is 7.71. The number of nitrogens with zero attached hydrogens (tertiary/aromatic N) is 6. The Morgan fingerprint density at radius 3 is 2.54 bits per heavy atom. The molecule has 0 radical (unpaired) electrons. The molecule has 2 heterocycles. The lowest BCUT2D eigenvalue weighted by atomic mass is 10.1. The van der Waals surface area contributed by atoms with Crippen LogP contribution in [-0.4, -0.2) is 36.1 Å². The molecule has 0 aliphatic rings. The molecule has 7 heteroatoms. The van der Waals surface area contributed by atoms with Crippen LogP contribution in [0.5, 0.6) is 0 Å². The summed E-state index contributed by atoms with van der Waals surface area (Å²) in [6, 6.07) is 10.3. The van der Waals surface area contributed by atoms with Crippen molar-refractivity contribution in [2.45, 2.75) is 19.6 Å². The van der Waals surface area contributed by atoms with E-state index in [-0.39, 0.29) is 0 Å². The molecule has 0 fully saturated rings. The smallest absolute Gasteiger partial charge is 0.198 e. The maximum Gasteiger partial charge on any atom is 0.198 e. The first kappa shape index (κ1) is 16.6. The van der Waals surface area contributed by atoms with Crippen molar-refractivity contribution >= 4 is 12.2 Å². The third kappa shape index (κ3) is 3.80. The summed E-state index contributed by atoms with van der Waals surface area (Å²) in [7, 11) is 5.96. The Bertz CT molecular complexity index is 861. The predicted molar refractivity (Wildman–Crippen MR) is 96.0 cm³/mol. The number of hydrogen-bond donors (Lipinski definition) is 0. The van der Waals surface area contributed by atoms with E-state index in [0.29, 0.717) is 6.67 Å². The maximum atomic E-state index is 5.54. The molecule has 6 nitrogen and oxygen atoms in total. The minimum absolute atomic E-state index is 0.649. The first-order chi connectivity index (χ1) is 11.5. The van der Waals surface area contributed by atoms with Gasteiger partial charge in [0.2, 0.25) is 0 Å². The molecule has 3 rings (SSSR count). The van der Waals surface area contributed by atoms with Gasteiger partial charge in [0.05, 0.1) is 12.9 Å². The average Bonchev–Trinajstić information content (AvgIpc) is 3.07. The van der Waals surface area contributed by atoms with Gasteiger partial charge in [-0.05, 0) is 24.8 Å². The van der Waals surface area contributed by atoms with Crippen molar-refractivity contribution in [1.29, 1.82) is 0 Å². The van der Waals surface area contributed by atoms with Crippen LogP contribution in [0.3, 0.4) is 0 Å². The Morgan fingerprint density at radius 1 is 1.12 bits per heavy atom. The lowest BCUT2D eigenvalue weighted by Crippen LogP contribution is -2.22. The summed E-state index contributed by atoms with van der Waals surface area (Å²) >= 11 is 5.54. The molecular weight excluding hydrogens is 320 g/mol. The van der Waals surface area contributed by atoms with Gasteiger partial charge in [-0.15, -0.1) is 0 Å². The van der Waals surface area contributed by atoms with Crippen LogP contribution >= 0.6 is 12.2 Å². The van der Waals surface area contributed by atoms with E-state index >= 15 is 0 Å². The molecule has 1 aromatic carbocycles. The summed E-state index contributed by atoms with van der Waals surface area (Å²) in [6.07, 6.45) is 4.68. The SMILES string of the molecule is CN(Cc1cnn(C)c1)Cn1nc(Cc2ccccc2)n(C)c1=S. The highest BCUT2D eigenvalue weighted by atomic mass is 32.1. The zero-order chi connectivity index (χ0) is 17.1. The summed E-state index contributed by atoms with van der Waals surface area (Å²) in [5.74, 6) is 0.973. The molecule has 0 spiro atoms. The number of benzene rings is 1. The van der Waals surface area contributed by atoms with E-state index in [1.807, 2.05) is 58.6 Å². The predicted octanol–water partition coefficient (Wildman–Crippen LogP) is 2.36. The Morgan fingerprint density at radius 2 is 1.88 bits per heavy atom. The molecule has 126 valence electrons. The van der Waals surface area contributed by atoms with E-state index < -0.39 is 0 Å².